The van der Waals surface area contributed by atoms with E-state index in [1.807, 2.05) is 0 Å². The summed E-state index contributed by atoms with van der Waals surface area (Å²) >= 11 is 0. The van der Waals surface area contributed by atoms with Gasteiger partial charge in [0, 0.05) is 30.6 Å². The summed E-state index contributed by atoms with van der Waals surface area (Å²) in [6, 6.07) is 2.11. The van der Waals surface area contributed by atoms with Gasteiger partial charge in [0.2, 0.25) is 0 Å². The Kier molecular flexibility index (Phi) is 4.51. The molecule has 0 saturated carbocycles. The van der Waals surface area contributed by atoms with Gasteiger partial charge in [-0.25, -0.2) is 9.97 Å². The summed E-state index contributed by atoms with van der Waals surface area (Å²) in [6.45, 7) is 13.1. The SMILES string of the molecule is CCCNc1cc(N2CCCC2(C)C)nc(C(C)C)n1. The van der Waals surface area contributed by atoms with E-state index in [9.17, 15) is 0 Å². The molecule has 20 heavy (non-hydrogen) atoms. The Labute approximate surface area is 123 Å². The molecule has 0 radical (unpaired) electrons. The number of hydrogen-bond acceptors (Lipinski definition) is 4. The van der Waals surface area contributed by atoms with Gasteiger partial charge >= 0.3 is 0 Å². The molecular weight excluding hydrogens is 248 g/mol. The zero-order valence-electron chi connectivity index (χ0n) is 13.5. The van der Waals surface area contributed by atoms with E-state index in [1.165, 1.54) is 12.8 Å². The maximum atomic E-state index is 4.79. The van der Waals surface area contributed by atoms with Crippen LogP contribution in [-0.2, 0) is 0 Å². The second-order valence-corrected chi connectivity index (χ2v) is 6.62. The number of nitrogens with zero attached hydrogens (tertiary/aromatic N) is 3. The van der Waals surface area contributed by atoms with Crippen molar-refractivity contribution < 1.29 is 0 Å². The van der Waals surface area contributed by atoms with E-state index in [0.29, 0.717) is 5.92 Å². The van der Waals surface area contributed by atoms with Gasteiger partial charge in [-0.1, -0.05) is 20.8 Å². The molecule has 4 nitrogen and oxygen atoms in total. The third-order valence-electron chi connectivity index (χ3n) is 3.98. The van der Waals surface area contributed by atoms with Crippen molar-refractivity contribution in [3.63, 3.8) is 0 Å². The summed E-state index contributed by atoms with van der Waals surface area (Å²) < 4.78 is 0. The van der Waals surface area contributed by atoms with Gasteiger partial charge in [-0.2, -0.15) is 0 Å². The molecule has 112 valence electrons. The standard InChI is InChI=1S/C16H28N4/c1-6-9-17-13-11-14(19-15(18-13)12(2)3)20-10-7-8-16(20,4)5/h11-12H,6-10H2,1-5H3,(H,17,18,19). The molecule has 0 spiro atoms. The van der Waals surface area contributed by atoms with Crippen molar-refractivity contribution in [1.82, 2.24) is 9.97 Å². The van der Waals surface area contributed by atoms with E-state index in [-0.39, 0.29) is 5.54 Å². The zero-order chi connectivity index (χ0) is 14.8. The lowest BCUT2D eigenvalue weighted by Crippen LogP contribution is -2.39. The summed E-state index contributed by atoms with van der Waals surface area (Å²) in [7, 11) is 0. The molecule has 0 aromatic carbocycles. The Hall–Kier alpha value is -1.32. The number of anilines is 2. The fourth-order valence-corrected chi connectivity index (χ4v) is 2.72. The summed E-state index contributed by atoms with van der Waals surface area (Å²) in [4.78, 5) is 11.9. The first-order valence-corrected chi connectivity index (χ1v) is 7.84. The summed E-state index contributed by atoms with van der Waals surface area (Å²) in [5.41, 5.74) is 0.199. The molecule has 2 heterocycles. The molecule has 0 unspecified atom stereocenters. The van der Waals surface area contributed by atoms with Crippen LogP contribution in [0.5, 0.6) is 0 Å². The number of nitrogens with one attached hydrogen (secondary N) is 1. The highest BCUT2D eigenvalue weighted by molar-refractivity contribution is 5.52. The maximum Gasteiger partial charge on any atom is 0.135 e. The number of aromatic nitrogens is 2. The van der Waals surface area contributed by atoms with Crippen LogP contribution in [0.3, 0.4) is 0 Å². The average Bonchev–Trinajstić information content (AvgIpc) is 2.75. The van der Waals surface area contributed by atoms with E-state index in [2.05, 4.69) is 55.9 Å². The fourth-order valence-electron chi connectivity index (χ4n) is 2.72. The highest BCUT2D eigenvalue weighted by Crippen LogP contribution is 2.33. The zero-order valence-corrected chi connectivity index (χ0v) is 13.5. The third kappa shape index (κ3) is 3.22. The molecule has 4 heteroatoms. The molecule has 0 bridgehead atoms. The molecule has 2 rings (SSSR count). The minimum absolute atomic E-state index is 0.199. The molecular formula is C16H28N4. The molecule has 0 amide bonds. The van der Waals surface area contributed by atoms with Crippen LogP contribution in [0.1, 0.15) is 65.6 Å². The molecule has 1 fully saturated rings. The van der Waals surface area contributed by atoms with Gasteiger partial charge in [-0.3, -0.25) is 0 Å². The van der Waals surface area contributed by atoms with Crippen LogP contribution < -0.4 is 10.2 Å². The van der Waals surface area contributed by atoms with Crippen LogP contribution in [0.2, 0.25) is 0 Å². The lowest BCUT2D eigenvalue weighted by Gasteiger charge is -2.33. The monoisotopic (exact) mass is 276 g/mol. The Morgan fingerprint density at radius 2 is 2.10 bits per heavy atom. The van der Waals surface area contributed by atoms with Gasteiger partial charge < -0.3 is 10.2 Å². The van der Waals surface area contributed by atoms with Gasteiger partial charge in [-0.15, -0.1) is 0 Å². The van der Waals surface area contributed by atoms with Crippen LogP contribution in [-0.4, -0.2) is 28.6 Å². The normalized spacial score (nSPS) is 17.8. The van der Waals surface area contributed by atoms with Gasteiger partial charge in [0.25, 0.3) is 0 Å². The molecule has 1 aromatic heterocycles. The van der Waals surface area contributed by atoms with Crippen molar-refractivity contribution in [2.75, 3.05) is 23.3 Å². The topological polar surface area (TPSA) is 41.0 Å². The fraction of sp³-hybridized carbons (Fsp3) is 0.750. The highest BCUT2D eigenvalue weighted by atomic mass is 15.3. The van der Waals surface area contributed by atoms with Crippen LogP contribution in [0, 0.1) is 0 Å². The van der Waals surface area contributed by atoms with Crippen molar-refractivity contribution in [1.29, 1.82) is 0 Å². The van der Waals surface area contributed by atoms with Crippen LogP contribution >= 0.6 is 0 Å². The van der Waals surface area contributed by atoms with Crippen LogP contribution in [0.15, 0.2) is 6.07 Å². The number of hydrogen-bond donors (Lipinski definition) is 1. The largest absolute Gasteiger partial charge is 0.370 e. The van der Waals surface area contributed by atoms with E-state index >= 15 is 0 Å². The first-order valence-electron chi connectivity index (χ1n) is 7.84. The molecule has 1 saturated heterocycles. The van der Waals surface area contributed by atoms with Crippen molar-refractivity contribution >= 4 is 11.6 Å². The summed E-state index contributed by atoms with van der Waals surface area (Å²) in [5, 5.41) is 3.40. The van der Waals surface area contributed by atoms with E-state index < -0.39 is 0 Å². The Morgan fingerprint density at radius 1 is 1.35 bits per heavy atom. The first-order chi connectivity index (χ1) is 9.44. The summed E-state index contributed by atoms with van der Waals surface area (Å²) in [6.07, 6.45) is 3.57. The van der Waals surface area contributed by atoms with Crippen LogP contribution in [0.25, 0.3) is 0 Å². The smallest absolute Gasteiger partial charge is 0.135 e. The van der Waals surface area contributed by atoms with Crippen LogP contribution in [0.4, 0.5) is 11.6 Å². The summed E-state index contributed by atoms with van der Waals surface area (Å²) in [5.74, 6) is 3.32. The minimum atomic E-state index is 0.199. The van der Waals surface area contributed by atoms with Crippen molar-refractivity contribution in [3.05, 3.63) is 11.9 Å². The molecule has 1 aliphatic heterocycles. The van der Waals surface area contributed by atoms with Crippen molar-refractivity contribution in [2.45, 2.75) is 65.3 Å². The predicted molar refractivity (Wildman–Crippen MR) is 85.6 cm³/mol. The van der Waals surface area contributed by atoms with Crippen molar-refractivity contribution in [2.24, 2.45) is 0 Å². The Bertz CT molecular complexity index is 454. The Morgan fingerprint density at radius 3 is 2.65 bits per heavy atom. The van der Waals surface area contributed by atoms with Crippen molar-refractivity contribution in [3.8, 4) is 0 Å². The molecule has 1 N–H and O–H groups in total. The molecule has 1 aromatic rings. The lowest BCUT2D eigenvalue weighted by molar-refractivity contribution is 0.513. The highest BCUT2D eigenvalue weighted by Gasteiger charge is 2.33. The first kappa shape index (κ1) is 15.1. The minimum Gasteiger partial charge on any atom is -0.370 e. The lowest BCUT2D eigenvalue weighted by atomic mass is 10.0. The van der Waals surface area contributed by atoms with Gasteiger partial charge in [-0.05, 0) is 33.1 Å². The van der Waals surface area contributed by atoms with Gasteiger partial charge in [0.15, 0.2) is 0 Å². The average molecular weight is 276 g/mol. The molecule has 0 aliphatic carbocycles. The molecule has 1 aliphatic rings. The van der Waals surface area contributed by atoms with E-state index in [0.717, 1.165) is 37.0 Å². The quantitative estimate of drug-likeness (QED) is 0.888. The van der Waals surface area contributed by atoms with Gasteiger partial charge in [0.1, 0.15) is 17.5 Å². The third-order valence-corrected chi connectivity index (χ3v) is 3.98. The molecule has 0 atom stereocenters. The predicted octanol–water partition coefficient (Wildman–Crippen LogP) is 3.80. The second kappa shape index (κ2) is 5.98. The van der Waals surface area contributed by atoms with E-state index in [4.69, 9.17) is 4.98 Å². The number of rotatable bonds is 5. The maximum absolute atomic E-state index is 4.79. The van der Waals surface area contributed by atoms with Gasteiger partial charge in [0.05, 0.1) is 0 Å². The Balaban J connectivity index is 2.33. The van der Waals surface area contributed by atoms with E-state index in [1.54, 1.807) is 0 Å². The second-order valence-electron chi connectivity index (χ2n) is 6.62.